The van der Waals surface area contributed by atoms with Crippen molar-refractivity contribution in [3.8, 4) is 0 Å². The van der Waals surface area contributed by atoms with Crippen LogP contribution in [0.2, 0.25) is 0 Å². The zero-order valence-electron chi connectivity index (χ0n) is 13.4. The standard InChI is InChI=1S/C16H24O5S/c1-13(10-12-20-15(3)17)5-4-11-21-22(18,19)16-8-6-14(2)7-9-16/h6-9,13H,4-5,10-12H2,1-3H3/t13-/m1/s1. The van der Waals surface area contributed by atoms with Crippen LogP contribution in [0.3, 0.4) is 0 Å². The van der Waals surface area contributed by atoms with Crippen molar-refractivity contribution in [3.63, 3.8) is 0 Å². The van der Waals surface area contributed by atoms with Crippen LogP contribution in [0.4, 0.5) is 0 Å². The normalized spacial score (nSPS) is 12.9. The minimum atomic E-state index is -3.67. The number of rotatable bonds is 9. The van der Waals surface area contributed by atoms with Crippen molar-refractivity contribution in [2.24, 2.45) is 5.92 Å². The van der Waals surface area contributed by atoms with Gasteiger partial charge in [-0.05, 0) is 44.2 Å². The van der Waals surface area contributed by atoms with E-state index in [0.29, 0.717) is 18.9 Å². The third-order valence-corrected chi connectivity index (χ3v) is 4.63. The van der Waals surface area contributed by atoms with Gasteiger partial charge in [0.1, 0.15) is 0 Å². The SMILES string of the molecule is CC(=O)OCC[C@H](C)CCCOS(=O)(=O)c1ccc(C)cc1. The highest BCUT2D eigenvalue weighted by Crippen LogP contribution is 2.15. The van der Waals surface area contributed by atoms with Gasteiger partial charge in [0, 0.05) is 6.92 Å². The van der Waals surface area contributed by atoms with E-state index in [2.05, 4.69) is 0 Å². The minimum Gasteiger partial charge on any atom is -0.466 e. The highest BCUT2D eigenvalue weighted by atomic mass is 32.2. The Morgan fingerprint density at radius 2 is 1.77 bits per heavy atom. The summed E-state index contributed by atoms with van der Waals surface area (Å²) in [5.74, 6) is 0.0738. The van der Waals surface area contributed by atoms with Crippen molar-refractivity contribution in [2.75, 3.05) is 13.2 Å². The van der Waals surface area contributed by atoms with Crippen molar-refractivity contribution >= 4 is 16.1 Å². The van der Waals surface area contributed by atoms with Crippen LogP contribution < -0.4 is 0 Å². The second-order valence-corrected chi connectivity index (χ2v) is 7.08. The highest BCUT2D eigenvalue weighted by Gasteiger charge is 2.14. The fourth-order valence-electron chi connectivity index (χ4n) is 1.92. The van der Waals surface area contributed by atoms with Crippen LogP contribution in [0.5, 0.6) is 0 Å². The van der Waals surface area contributed by atoms with Gasteiger partial charge in [-0.15, -0.1) is 0 Å². The number of hydrogen-bond acceptors (Lipinski definition) is 5. The molecule has 0 amide bonds. The third-order valence-electron chi connectivity index (χ3n) is 3.31. The van der Waals surface area contributed by atoms with Crippen molar-refractivity contribution in [1.29, 1.82) is 0 Å². The topological polar surface area (TPSA) is 69.7 Å². The maximum Gasteiger partial charge on any atom is 0.302 e. The number of carbonyl (C=O) groups excluding carboxylic acids is 1. The summed E-state index contributed by atoms with van der Waals surface area (Å²) < 4.78 is 33.8. The van der Waals surface area contributed by atoms with Gasteiger partial charge in [-0.1, -0.05) is 24.6 Å². The van der Waals surface area contributed by atoms with E-state index in [0.717, 1.165) is 18.4 Å². The van der Waals surface area contributed by atoms with Gasteiger partial charge in [0.2, 0.25) is 0 Å². The minimum absolute atomic E-state index is 0.161. The van der Waals surface area contributed by atoms with Gasteiger partial charge >= 0.3 is 5.97 Å². The van der Waals surface area contributed by atoms with Gasteiger partial charge in [0.15, 0.2) is 0 Å². The molecular weight excluding hydrogens is 304 g/mol. The largest absolute Gasteiger partial charge is 0.466 e. The van der Waals surface area contributed by atoms with Crippen LogP contribution in [0.15, 0.2) is 29.2 Å². The molecule has 0 unspecified atom stereocenters. The lowest BCUT2D eigenvalue weighted by Gasteiger charge is -2.11. The number of benzene rings is 1. The molecule has 0 spiro atoms. The van der Waals surface area contributed by atoms with Gasteiger partial charge in [-0.3, -0.25) is 8.98 Å². The fourth-order valence-corrected chi connectivity index (χ4v) is 2.86. The van der Waals surface area contributed by atoms with E-state index in [1.54, 1.807) is 24.3 Å². The number of ether oxygens (including phenoxy) is 1. The number of carbonyl (C=O) groups is 1. The molecular formula is C16H24O5S. The van der Waals surface area contributed by atoms with E-state index in [1.807, 2.05) is 13.8 Å². The maximum atomic E-state index is 12.0. The lowest BCUT2D eigenvalue weighted by molar-refractivity contribution is -0.141. The Balaban J connectivity index is 2.28. The number of esters is 1. The molecule has 0 N–H and O–H groups in total. The molecule has 124 valence electrons. The quantitative estimate of drug-likeness (QED) is 0.396. The zero-order valence-corrected chi connectivity index (χ0v) is 14.2. The Kier molecular flexibility index (Phi) is 7.55. The summed E-state index contributed by atoms with van der Waals surface area (Å²) in [6, 6.07) is 6.58. The van der Waals surface area contributed by atoms with Gasteiger partial charge < -0.3 is 4.74 Å². The van der Waals surface area contributed by atoms with Crippen LogP contribution in [-0.4, -0.2) is 27.6 Å². The van der Waals surface area contributed by atoms with E-state index in [1.165, 1.54) is 6.92 Å². The molecule has 0 saturated heterocycles. The fraction of sp³-hybridized carbons (Fsp3) is 0.562. The Hall–Kier alpha value is -1.40. The van der Waals surface area contributed by atoms with E-state index in [9.17, 15) is 13.2 Å². The van der Waals surface area contributed by atoms with Crippen LogP contribution in [-0.2, 0) is 23.8 Å². The second kappa shape index (κ2) is 8.90. The summed E-state index contributed by atoms with van der Waals surface area (Å²) in [6.07, 6.45) is 2.24. The first kappa shape index (κ1) is 18.6. The molecule has 5 nitrogen and oxygen atoms in total. The molecule has 1 rings (SSSR count). The lowest BCUT2D eigenvalue weighted by atomic mass is 10.0. The summed E-state index contributed by atoms with van der Waals surface area (Å²) in [7, 11) is -3.67. The van der Waals surface area contributed by atoms with E-state index >= 15 is 0 Å². The molecule has 0 heterocycles. The summed E-state index contributed by atoms with van der Waals surface area (Å²) in [5.41, 5.74) is 1.00. The predicted molar refractivity (Wildman–Crippen MR) is 84.0 cm³/mol. The molecule has 0 radical (unpaired) electrons. The van der Waals surface area contributed by atoms with Gasteiger partial charge in [0.25, 0.3) is 10.1 Å². The van der Waals surface area contributed by atoms with Crippen LogP contribution in [0, 0.1) is 12.8 Å². The number of aryl methyl sites for hydroxylation is 1. The van der Waals surface area contributed by atoms with Crippen LogP contribution in [0.1, 0.15) is 38.7 Å². The Morgan fingerprint density at radius 1 is 1.14 bits per heavy atom. The van der Waals surface area contributed by atoms with Crippen molar-refractivity contribution in [1.82, 2.24) is 0 Å². The smallest absolute Gasteiger partial charge is 0.302 e. The van der Waals surface area contributed by atoms with Crippen molar-refractivity contribution in [2.45, 2.75) is 44.9 Å². The first-order chi connectivity index (χ1) is 10.3. The average molecular weight is 328 g/mol. The molecule has 0 saturated carbocycles. The van der Waals surface area contributed by atoms with Crippen molar-refractivity contribution < 1.29 is 22.1 Å². The molecule has 22 heavy (non-hydrogen) atoms. The third kappa shape index (κ3) is 7.04. The molecule has 1 atom stereocenters. The number of hydrogen-bond donors (Lipinski definition) is 0. The monoisotopic (exact) mass is 328 g/mol. The van der Waals surface area contributed by atoms with E-state index < -0.39 is 10.1 Å². The first-order valence-corrected chi connectivity index (χ1v) is 8.81. The highest BCUT2D eigenvalue weighted by molar-refractivity contribution is 7.86. The van der Waals surface area contributed by atoms with Crippen molar-refractivity contribution in [3.05, 3.63) is 29.8 Å². The average Bonchev–Trinajstić information content (AvgIpc) is 2.44. The molecule has 0 bridgehead atoms. The summed E-state index contributed by atoms with van der Waals surface area (Å²) >= 11 is 0. The molecule has 6 heteroatoms. The summed E-state index contributed by atoms with van der Waals surface area (Å²) in [4.78, 5) is 10.8. The Labute approximate surface area is 132 Å². The molecule has 0 aliphatic heterocycles. The first-order valence-electron chi connectivity index (χ1n) is 7.40. The maximum absolute atomic E-state index is 12.0. The van der Waals surface area contributed by atoms with Crippen LogP contribution >= 0.6 is 0 Å². The second-order valence-electron chi connectivity index (χ2n) is 5.47. The molecule has 0 aliphatic carbocycles. The molecule has 0 aromatic heterocycles. The molecule has 1 aromatic carbocycles. The van der Waals surface area contributed by atoms with Gasteiger partial charge in [-0.2, -0.15) is 8.42 Å². The zero-order chi connectivity index (χ0) is 16.6. The molecule has 0 aliphatic rings. The molecule has 1 aromatic rings. The molecule has 0 fully saturated rings. The van der Waals surface area contributed by atoms with Gasteiger partial charge in [-0.25, -0.2) is 0 Å². The van der Waals surface area contributed by atoms with E-state index in [-0.39, 0.29) is 17.5 Å². The predicted octanol–water partition coefficient (Wildman–Crippen LogP) is 3.07. The van der Waals surface area contributed by atoms with E-state index in [4.69, 9.17) is 8.92 Å². The Morgan fingerprint density at radius 3 is 2.36 bits per heavy atom. The summed E-state index contributed by atoms with van der Waals surface area (Å²) in [6.45, 7) is 5.88. The lowest BCUT2D eigenvalue weighted by Crippen LogP contribution is -2.09. The summed E-state index contributed by atoms with van der Waals surface area (Å²) in [5, 5.41) is 0. The van der Waals surface area contributed by atoms with Crippen LogP contribution in [0.25, 0.3) is 0 Å². The van der Waals surface area contributed by atoms with Gasteiger partial charge in [0.05, 0.1) is 18.1 Å². The Bertz CT molecular complexity index is 563.